The van der Waals surface area contributed by atoms with Crippen LogP contribution >= 0.6 is 0 Å². The van der Waals surface area contributed by atoms with E-state index in [1.165, 1.54) is 0 Å². The van der Waals surface area contributed by atoms with E-state index in [0.717, 1.165) is 13.1 Å². The first kappa shape index (κ1) is 9.42. The highest BCUT2D eigenvalue weighted by Gasteiger charge is 2.18. The fourth-order valence-electron chi connectivity index (χ4n) is 1.30. The molecule has 1 fully saturated rings. The lowest BCUT2D eigenvalue weighted by Crippen LogP contribution is -2.36. The van der Waals surface area contributed by atoms with Crippen molar-refractivity contribution in [1.82, 2.24) is 10.1 Å². The van der Waals surface area contributed by atoms with Gasteiger partial charge in [-0.3, -0.25) is 0 Å². The summed E-state index contributed by atoms with van der Waals surface area (Å²) in [5, 5.41) is 3.87. The van der Waals surface area contributed by atoms with E-state index in [1.807, 2.05) is 11.8 Å². The minimum Gasteiger partial charge on any atom is -0.378 e. The fourth-order valence-corrected chi connectivity index (χ4v) is 1.30. The topological polar surface area (TPSA) is 77.4 Å². The van der Waals surface area contributed by atoms with E-state index >= 15 is 0 Å². The average Bonchev–Trinajstić information content (AvgIpc) is 2.68. The zero-order chi connectivity index (χ0) is 9.97. The molecule has 0 saturated carbocycles. The summed E-state index contributed by atoms with van der Waals surface area (Å²) in [7, 11) is 0. The second-order valence-electron chi connectivity index (χ2n) is 3.32. The highest BCUT2D eigenvalue weighted by Crippen LogP contribution is 2.14. The predicted molar refractivity (Wildman–Crippen MR) is 49.9 cm³/mol. The number of nitrogens with zero attached hydrogens (tertiary/aromatic N) is 3. The summed E-state index contributed by atoms with van der Waals surface area (Å²) in [5.74, 6) is 1.09. The molecular weight excluding hydrogens is 184 g/mol. The van der Waals surface area contributed by atoms with Crippen molar-refractivity contribution in [3.05, 3.63) is 5.89 Å². The molecule has 0 amide bonds. The number of hydrogen-bond acceptors (Lipinski definition) is 6. The van der Waals surface area contributed by atoms with Crippen LogP contribution < -0.4 is 10.6 Å². The SMILES string of the molecule is CC(N)c1nc(N2CCOCC2)no1. The minimum absolute atomic E-state index is 0.211. The van der Waals surface area contributed by atoms with E-state index in [1.54, 1.807) is 0 Å². The number of hydrogen-bond donors (Lipinski definition) is 1. The molecule has 0 radical (unpaired) electrons. The van der Waals surface area contributed by atoms with Crippen LogP contribution in [0.15, 0.2) is 4.52 Å². The maximum absolute atomic E-state index is 5.62. The highest BCUT2D eigenvalue weighted by atomic mass is 16.5. The van der Waals surface area contributed by atoms with Gasteiger partial charge in [0.2, 0.25) is 5.89 Å². The number of nitrogens with two attached hydrogens (primary N) is 1. The smallest absolute Gasteiger partial charge is 0.266 e. The Labute approximate surface area is 82.0 Å². The highest BCUT2D eigenvalue weighted by molar-refractivity contribution is 5.28. The summed E-state index contributed by atoms with van der Waals surface area (Å²) >= 11 is 0. The summed E-state index contributed by atoms with van der Waals surface area (Å²) in [4.78, 5) is 6.23. The van der Waals surface area contributed by atoms with Crippen LogP contribution in [0.2, 0.25) is 0 Å². The lowest BCUT2D eigenvalue weighted by molar-refractivity contribution is 0.121. The lowest BCUT2D eigenvalue weighted by Gasteiger charge is -2.24. The van der Waals surface area contributed by atoms with Gasteiger partial charge in [0.25, 0.3) is 5.95 Å². The maximum atomic E-state index is 5.62. The molecule has 2 rings (SSSR count). The Morgan fingerprint density at radius 1 is 1.43 bits per heavy atom. The minimum atomic E-state index is -0.211. The van der Waals surface area contributed by atoms with E-state index in [-0.39, 0.29) is 6.04 Å². The van der Waals surface area contributed by atoms with Crippen molar-refractivity contribution in [3.8, 4) is 0 Å². The molecule has 1 aliphatic rings. The Hall–Kier alpha value is -1.14. The molecule has 1 aliphatic heterocycles. The van der Waals surface area contributed by atoms with E-state index in [4.69, 9.17) is 15.0 Å². The van der Waals surface area contributed by atoms with Gasteiger partial charge in [-0.05, 0) is 12.1 Å². The van der Waals surface area contributed by atoms with Crippen molar-refractivity contribution < 1.29 is 9.26 Å². The van der Waals surface area contributed by atoms with Gasteiger partial charge in [0.1, 0.15) is 0 Å². The zero-order valence-electron chi connectivity index (χ0n) is 8.14. The molecule has 1 atom stereocenters. The number of ether oxygens (including phenoxy) is 1. The van der Waals surface area contributed by atoms with Gasteiger partial charge in [-0.2, -0.15) is 4.98 Å². The third-order valence-electron chi connectivity index (χ3n) is 2.11. The van der Waals surface area contributed by atoms with Crippen LogP contribution in [0.5, 0.6) is 0 Å². The molecular formula is C8H14N4O2. The van der Waals surface area contributed by atoms with Crippen LogP contribution in [-0.4, -0.2) is 36.4 Å². The molecule has 1 aromatic rings. The average molecular weight is 198 g/mol. The van der Waals surface area contributed by atoms with E-state index in [9.17, 15) is 0 Å². The first-order valence-corrected chi connectivity index (χ1v) is 4.69. The van der Waals surface area contributed by atoms with Gasteiger partial charge in [0.05, 0.1) is 19.3 Å². The second-order valence-corrected chi connectivity index (χ2v) is 3.32. The van der Waals surface area contributed by atoms with Gasteiger partial charge in [-0.15, -0.1) is 0 Å². The van der Waals surface area contributed by atoms with Crippen molar-refractivity contribution >= 4 is 5.95 Å². The van der Waals surface area contributed by atoms with Crippen molar-refractivity contribution in [2.24, 2.45) is 5.73 Å². The summed E-state index contributed by atoms with van der Waals surface area (Å²) in [6, 6.07) is -0.211. The first-order chi connectivity index (χ1) is 6.77. The summed E-state index contributed by atoms with van der Waals surface area (Å²) < 4.78 is 10.2. The van der Waals surface area contributed by atoms with Crippen LogP contribution in [0, 0.1) is 0 Å². The van der Waals surface area contributed by atoms with Crippen molar-refractivity contribution in [1.29, 1.82) is 0 Å². The Morgan fingerprint density at radius 3 is 2.71 bits per heavy atom. The Balaban J connectivity index is 2.07. The third kappa shape index (κ3) is 1.85. The van der Waals surface area contributed by atoms with Crippen LogP contribution in [0.1, 0.15) is 18.9 Å². The molecule has 6 heteroatoms. The zero-order valence-corrected chi connectivity index (χ0v) is 8.14. The fraction of sp³-hybridized carbons (Fsp3) is 0.750. The lowest BCUT2D eigenvalue weighted by atomic mass is 10.4. The molecule has 1 saturated heterocycles. The van der Waals surface area contributed by atoms with Gasteiger partial charge in [-0.25, -0.2) is 0 Å². The molecule has 0 aliphatic carbocycles. The quantitative estimate of drug-likeness (QED) is 0.716. The van der Waals surface area contributed by atoms with Gasteiger partial charge < -0.3 is 19.9 Å². The van der Waals surface area contributed by atoms with Gasteiger partial charge in [0.15, 0.2) is 0 Å². The van der Waals surface area contributed by atoms with Gasteiger partial charge in [0, 0.05) is 13.1 Å². The maximum Gasteiger partial charge on any atom is 0.266 e. The van der Waals surface area contributed by atoms with Gasteiger partial charge in [-0.1, -0.05) is 0 Å². The molecule has 0 bridgehead atoms. The number of anilines is 1. The summed E-state index contributed by atoms with van der Waals surface area (Å²) in [6.45, 7) is 4.84. The molecule has 78 valence electrons. The van der Waals surface area contributed by atoms with Gasteiger partial charge >= 0.3 is 0 Å². The number of rotatable bonds is 2. The molecule has 6 nitrogen and oxygen atoms in total. The third-order valence-corrected chi connectivity index (χ3v) is 2.11. The molecule has 2 N–H and O–H groups in total. The Bertz CT molecular complexity index is 293. The van der Waals surface area contributed by atoms with Crippen LogP contribution in [0.4, 0.5) is 5.95 Å². The van der Waals surface area contributed by atoms with Crippen LogP contribution in [0.25, 0.3) is 0 Å². The van der Waals surface area contributed by atoms with Crippen molar-refractivity contribution in [2.75, 3.05) is 31.2 Å². The standard InChI is InChI=1S/C8H14N4O2/c1-6(9)7-10-8(11-14-7)12-2-4-13-5-3-12/h6H,2-5,9H2,1H3. The first-order valence-electron chi connectivity index (χ1n) is 4.69. The molecule has 1 aromatic heterocycles. The predicted octanol–water partition coefficient (Wildman–Crippen LogP) is -0.0741. The molecule has 0 aromatic carbocycles. The largest absolute Gasteiger partial charge is 0.378 e. The van der Waals surface area contributed by atoms with Crippen molar-refractivity contribution in [3.63, 3.8) is 0 Å². The van der Waals surface area contributed by atoms with E-state index in [2.05, 4.69) is 10.1 Å². The molecule has 2 heterocycles. The van der Waals surface area contributed by atoms with E-state index in [0.29, 0.717) is 25.1 Å². The number of aromatic nitrogens is 2. The monoisotopic (exact) mass is 198 g/mol. The Morgan fingerprint density at radius 2 is 2.14 bits per heavy atom. The normalized spacial score (nSPS) is 19.7. The Kier molecular flexibility index (Phi) is 2.64. The number of morpholine rings is 1. The molecule has 1 unspecified atom stereocenters. The summed E-state index contributed by atoms with van der Waals surface area (Å²) in [5.41, 5.74) is 5.62. The van der Waals surface area contributed by atoms with E-state index < -0.39 is 0 Å². The van der Waals surface area contributed by atoms with Crippen LogP contribution in [-0.2, 0) is 4.74 Å². The van der Waals surface area contributed by atoms with Crippen molar-refractivity contribution in [2.45, 2.75) is 13.0 Å². The second kappa shape index (κ2) is 3.93. The summed E-state index contributed by atoms with van der Waals surface area (Å²) in [6.07, 6.45) is 0. The van der Waals surface area contributed by atoms with Crippen LogP contribution in [0.3, 0.4) is 0 Å². The molecule has 0 spiro atoms. The molecule has 14 heavy (non-hydrogen) atoms.